The molecule has 3 aliphatic rings. The lowest BCUT2D eigenvalue weighted by molar-refractivity contribution is -0.142. The molecule has 0 saturated carbocycles. The number of carbonyl (C=O) groups excluding carboxylic acids is 1. The van der Waals surface area contributed by atoms with Crippen molar-refractivity contribution in [2.24, 2.45) is 0 Å². The van der Waals surface area contributed by atoms with Crippen LogP contribution in [0.2, 0.25) is 0 Å². The van der Waals surface area contributed by atoms with Gasteiger partial charge in [0.25, 0.3) is 5.91 Å². The Morgan fingerprint density at radius 1 is 1.13 bits per heavy atom. The molecule has 5 heterocycles. The zero-order valence-electron chi connectivity index (χ0n) is 25.6. The van der Waals surface area contributed by atoms with E-state index in [2.05, 4.69) is 36.1 Å². The SMILES string of the molecule is COc1nc(Nc2nccc(-c3ccc(OC4CCN(C(=O)[C@@H](O)CF)CC4)c(C#N)c3)n2)ccc1N1CCN(C2COC2)CC1. The number of likely N-dealkylation sites (tertiary alicyclic amines) is 1. The first-order valence-electron chi connectivity index (χ1n) is 15.4. The molecule has 3 saturated heterocycles. The first kappa shape index (κ1) is 31.4. The molecule has 3 fully saturated rings. The fourth-order valence-corrected chi connectivity index (χ4v) is 5.88. The number of aliphatic hydroxyl groups excluding tert-OH is 1. The van der Waals surface area contributed by atoms with E-state index in [9.17, 15) is 19.6 Å². The Bertz CT molecular complexity index is 1570. The van der Waals surface area contributed by atoms with E-state index in [1.165, 1.54) is 4.90 Å². The number of carbonyl (C=O) groups is 1. The number of halogens is 1. The minimum absolute atomic E-state index is 0.220. The zero-order valence-corrected chi connectivity index (χ0v) is 25.6. The summed E-state index contributed by atoms with van der Waals surface area (Å²) < 4.78 is 29.8. The summed E-state index contributed by atoms with van der Waals surface area (Å²) in [6, 6.07) is 13.6. The standard InChI is InChI=1S/C32H37FN8O5/c1-44-30-26(40-14-12-39(13-15-40)23-19-45-20-23)3-5-29(37-30)38-32-35-9-6-25(36-32)21-2-4-28(22(16-21)18-34)46-24-7-10-41(11-8-24)31(43)27(42)17-33/h2-6,9,16,23-24,27,42H,7-8,10-15,17,19-20H2,1H3,(H,35,36,37,38)/t27-/m0/s1. The van der Waals surface area contributed by atoms with Crippen LogP contribution >= 0.6 is 0 Å². The molecule has 1 aromatic carbocycles. The number of aliphatic hydroxyl groups is 1. The highest BCUT2D eigenvalue weighted by Crippen LogP contribution is 2.31. The second kappa shape index (κ2) is 14.2. The highest BCUT2D eigenvalue weighted by Gasteiger charge is 2.30. The van der Waals surface area contributed by atoms with Gasteiger partial charge in [0, 0.05) is 63.9 Å². The van der Waals surface area contributed by atoms with E-state index in [0.717, 1.165) is 45.1 Å². The monoisotopic (exact) mass is 632 g/mol. The van der Waals surface area contributed by atoms with Gasteiger partial charge in [-0.2, -0.15) is 10.2 Å². The second-order valence-electron chi connectivity index (χ2n) is 11.5. The Morgan fingerprint density at radius 2 is 1.91 bits per heavy atom. The maximum Gasteiger partial charge on any atom is 0.254 e. The van der Waals surface area contributed by atoms with E-state index >= 15 is 0 Å². The molecule has 1 atom stereocenters. The molecule has 1 amide bonds. The number of alkyl halides is 1. The fraction of sp³-hybridized carbons (Fsp3) is 0.469. The molecular formula is C32H37FN8O5. The molecule has 46 heavy (non-hydrogen) atoms. The number of nitrogens with one attached hydrogen (secondary N) is 1. The summed E-state index contributed by atoms with van der Waals surface area (Å²) in [5.74, 6) is 1.22. The number of ether oxygens (including phenoxy) is 3. The fourth-order valence-electron chi connectivity index (χ4n) is 5.88. The molecule has 0 spiro atoms. The highest BCUT2D eigenvalue weighted by atomic mass is 19.1. The molecular weight excluding hydrogens is 595 g/mol. The lowest BCUT2D eigenvalue weighted by Gasteiger charge is -2.43. The van der Waals surface area contributed by atoms with E-state index in [4.69, 9.17) is 14.2 Å². The number of pyridine rings is 1. The van der Waals surface area contributed by atoms with Gasteiger partial charge in [0.15, 0.2) is 6.10 Å². The molecule has 0 aliphatic carbocycles. The van der Waals surface area contributed by atoms with Crippen LogP contribution in [0, 0.1) is 11.3 Å². The maximum absolute atomic E-state index is 12.7. The summed E-state index contributed by atoms with van der Waals surface area (Å²) in [6.45, 7) is 4.91. The van der Waals surface area contributed by atoms with Gasteiger partial charge in [0.05, 0.1) is 37.6 Å². The van der Waals surface area contributed by atoms with Crippen LogP contribution in [0.3, 0.4) is 0 Å². The molecule has 242 valence electrons. The van der Waals surface area contributed by atoms with Gasteiger partial charge in [-0.05, 0) is 36.4 Å². The van der Waals surface area contributed by atoms with Crippen molar-refractivity contribution in [1.82, 2.24) is 24.8 Å². The number of hydrogen-bond donors (Lipinski definition) is 2. The average molecular weight is 633 g/mol. The molecule has 2 aromatic heterocycles. The summed E-state index contributed by atoms with van der Waals surface area (Å²) in [5, 5.41) is 22.5. The van der Waals surface area contributed by atoms with Crippen molar-refractivity contribution in [1.29, 1.82) is 5.26 Å². The molecule has 2 N–H and O–H groups in total. The Morgan fingerprint density at radius 3 is 2.59 bits per heavy atom. The topological polar surface area (TPSA) is 149 Å². The van der Waals surface area contributed by atoms with Crippen LogP contribution in [0.4, 0.5) is 21.8 Å². The Labute approximate surface area is 266 Å². The van der Waals surface area contributed by atoms with Crippen molar-refractivity contribution in [3.8, 4) is 29.0 Å². The molecule has 3 aliphatic heterocycles. The summed E-state index contributed by atoms with van der Waals surface area (Å²) in [7, 11) is 1.61. The predicted octanol–water partition coefficient (Wildman–Crippen LogP) is 2.38. The van der Waals surface area contributed by atoms with Crippen LogP contribution in [0.1, 0.15) is 18.4 Å². The summed E-state index contributed by atoms with van der Waals surface area (Å²) >= 11 is 0. The molecule has 0 radical (unpaired) electrons. The van der Waals surface area contributed by atoms with Crippen LogP contribution in [0.15, 0.2) is 42.6 Å². The molecule has 6 rings (SSSR count). The molecule has 0 bridgehead atoms. The van der Waals surface area contributed by atoms with Crippen molar-refractivity contribution in [2.75, 3.05) is 76.5 Å². The van der Waals surface area contributed by atoms with Crippen molar-refractivity contribution in [3.05, 3.63) is 48.2 Å². The van der Waals surface area contributed by atoms with E-state index < -0.39 is 18.7 Å². The average Bonchev–Trinajstić information content (AvgIpc) is 3.08. The summed E-state index contributed by atoms with van der Waals surface area (Å²) in [5.41, 5.74) is 2.61. The van der Waals surface area contributed by atoms with E-state index in [-0.39, 0.29) is 6.10 Å². The van der Waals surface area contributed by atoms with Gasteiger partial charge in [0.1, 0.15) is 36.1 Å². The number of nitrogens with zero attached hydrogens (tertiary/aromatic N) is 7. The zero-order chi connectivity index (χ0) is 32.0. The number of rotatable bonds is 10. The number of anilines is 3. The quantitative estimate of drug-likeness (QED) is 0.338. The normalized spacial score (nSPS) is 18.4. The lowest BCUT2D eigenvalue weighted by atomic mass is 10.1. The van der Waals surface area contributed by atoms with Gasteiger partial charge < -0.3 is 34.4 Å². The van der Waals surface area contributed by atoms with Gasteiger partial charge in [0.2, 0.25) is 11.8 Å². The van der Waals surface area contributed by atoms with Crippen LogP contribution in [-0.4, -0.2) is 120 Å². The van der Waals surface area contributed by atoms with Crippen LogP contribution < -0.4 is 19.7 Å². The smallest absolute Gasteiger partial charge is 0.254 e. The van der Waals surface area contributed by atoms with Crippen molar-refractivity contribution < 1.29 is 28.5 Å². The number of piperazine rings is 1. The summed E-state index contributed by atoms with van der Waals surface area (Å²) in [6.07, 6.45) is 0.795. The minimum atomic E-state index is -1.63. The van der Waals surface area contributed by atoms with Crippen molar-refractivity contribution in [3.63, 3.8) is 0 Å². The highest BCUT2D eigenvalue weighted by molar-refractivity contribution is 5.80. The lowest BCUT2D eigenvalue weighted by Crippen LogP contribution is -2.56. The van der Waals surface area contributed by atoms with Gasteiger partial charge in [-0.25, -0.2) is 14.4 Å². The number of hydrogen-bond acceptors (Lipinski definition) is 12. The third-order valence-electron chi connectivity index (χ3n) is 8.60. The van der Waals surface area contributed by atoms with E-state index in [1.54, 1.807) is 31.5 Å². The molecule has 13 nitrogen and oxygen atoms in total. The number of methoxy groups -OCH3 is 1. The number of piperidine rings is 1. The number of benzene rings is 1. The first-order valence-corrected chi connectivity index (χ1v) is 15.4. The number of nitriles is 1. The predicted molar refractivity (Wildman–Crippen MR) is 167 cm³/mol. The van der Waals surface area contributed by atoms with Gasteiger partial charge in [-0.3, -0.25) is 9.69 Å². The van der Waals surface area contributed by atoms with Crippen molar-refractivity contribution in [2.45, 2.75) is 31.1 Å². The Kier molecular flexibility index (Phi) is 9.72. The third kappa shape index (κ3) is 6.96. The number of amides is 1. The van der Waals surface area contributed by atoms with Crippen molar-refractivity contribution >= 4 is 23.4 Å². The van der Waals surface area contributed by atoms with Crippen LogP contribution in [-0.2, 0) is 9.53 Å². The molecule has 0 unspecified atom stereocenters. The van der Waals surface area contributed by atoms with Crippen LogP contribution in [0.5, 0.6) is 11.6 Å². The number of aromatic nitrogens is 3. The summed E-state index contributed by atoms with van der Waals surface area (Å²) in [4.78, 5) is 31.9. The van der Waals surface area contributed by atoms with Gasteiger partial charge >= 0.3 is 0 Å². The van der Waals surface area contributed by atoms with E-state index in [0.29, 0.717) is 72.2 Å². The molecule has 3 aromatic rings. The third-order valence-corrected chi connectivity index (χ3v) is 8.60. The molecule has 14 heteroatoms. The Balaban J connectivity index is 1.09. The largest absolute Gasteiger partial charge is 0.489 e. The van der Waals surface area contributed by atoms with Gasteiger partial charge in [-0.1, -0.05) is 0 Å². The van der Waals surface area contributed by atoms with Gasteiger partial charge in [-0.15, -0.1) is 0 Å². The minimum Gasteiger partial charge on any atom is -0.489 e. The Hall–Kier alpha value is -4.58. The second-order valence-corrected chi connectivity index (χ2v) is 11.5. The maximum atomic E-state index is 12.7. The van der Waals surface area contributed by atoms with E-state index in [1.807, 2.05) is 18.2 Å². The first-order chi connectivity index (χ1) is 22.4. The van der Waals surface area contributed by atoms with Crippen LogP contribution in [0.25, 0.3) is 11.3 Å².